The fourth-order valence-electron chi connectivity index (χ4n) is 5.34. The van der Waals surface area contributed by atoms with Crippen molar-refractivity contribution in [1.82, 2.24) is 19.5 Å². The first-order valence-corrected chi connectivity index (χ1v) is 15.0. The highest BCUT2D eigenvalue weighted by Crippen LogP contribution is 2.40. The first-order valence-electron chi connectivity index (χ1n) is 13.7. The van der Waals surface area contributed by atoms with Gasteiger partial charge in [0.1, 0.15) is 35.6 Å². The van der Waals surface area contributed by atoms with Crippen molar-refractivity contribution in [1.29, 1.82) is 5.26 Å². The Morgan fingerprint density at radius 2 is 1.84 bits per heavy atom. The van der Waals surface area contributed by atoms with E-state index in [-0.39, 0.29) is 46.4 Å². The number of rotatable bonds is 7. The second-order valence-electron chi connectivity index (χ2n) is 10.3. The third kappa shape index (κ3) is 5.28. The molecule has 0 atom stereocenters. The predicted molar refractivity (Wildman–Crippen MR) is 171 cm³/mol. The summed E-state index contributed by atoms with van der Waals surface area (Å²) in [6.45, 7) is 5.26. The summed E-state index contributed by atoms with van der Waals surface area (Å²) in [6.07, 6.45) is 0. The first kappa shape index (κ1) is 29.9. The minimum absolute atomic E-state index is 0.0483. The smallest absolute Gasteiger partial charge is 0.338 e. The van der Waals surface area contributed by atoms with Crippen LogP contribution < -0.4 is 10.3 Å². The molecule has 0 amide bonds. The van der Waals surface area contributed by atoms with Crippen LogP contribution in [0.3, 0.4) is 0 Å². The molecule has 0 aliphatic heterocycles. The van der Waals surface area contributed by atoms with Crippen LogP contribution in [0.2, 0.25) is 5.02 Å². The molecule has 1 N–H and O–H groups in total. The molecule has 9 nitrogen and oxygen atoms in total. The van der Waals surface area contributed by atoms with Gasteiger partial charge >= 0.3 is 5.97 Å². The number of halogens is 2. The van der Waals surface area contributed by atoms with Gasteiger partial charge in [0.25, 0.3) is 5.56 Å². The molecule has 0 spiro atoms. The van der Waals surface area contributed by atoms with Gasteiger partial charge in [0, 0.05) is 32.8 Å². The SMILES string of the molecule is Cc1cc(-c2cc(Cl)ccc2OCCn2c(C)nc3c(C)nc(-c4ccccc4F)c(C#N)c3c2=O)c2scc(C(=O)O)c2n1. The summed E-state index contributed by atoms with van der Waals surface area (Å²) in [7, 11) is 0. The lowest BCUT2D eigenvalue weighted by atomic mass is 10.0. The Kier molecular flexibility index (Phi) is 7.78. The predicted octanol–water partition coefficient (Wildman–Crippen LogP) is 7.10. The number of carboxylic acids is 1. The van der Waals surface area contributed by atoms with Crippen molar-refractivity contribution in [3.05, 3.63) is 103 Å². The number of aromatic carboxylic acids is 1. The molecule has 4 heterocycles. The highest BCUT2D eigenvalue weighted by atomic mass is 35.5. The van der Waals surface area contributed by atoms with Gasteiger partial charge < -0.3 is 9.84 Å². The lowest BCUT2D eigenvalue weighted by Gasteiger charge is -2.16. The van der Waals surface area contributed by atoms with Gasteiger partial charge in [-0.2, -0.15) is 5.26 Å². The molecule has 0 saturated heterocycles. The minimum atomic E-state index is -1.07. The molecule has 2 aromatic carbocycles. The van der Waals surface area contributed by atoms with Crippen molar-refractivity contribution in [2.24, 2.45) is 0 Å². The van der Waals surface area contributed by atoms with Crippen LogP contribution in [-0.4, -0.2) is 37.2 Å². The number of carboxylic acid groups (broad SMARTS) is 1. The number of fused-ring (bicyclic) bond motifs is 2. The topological polar surface area (TPSA) is 131 Å². The summed E-state index contributed by atoms with van der Waals surface area (Å²) in [5, 5.41) is 21.8. The average Bonchev–Trinajstić information content (AvgIpc) is 3.43. The lowest BCUT2D eigenvalue weighted by molar-refractivity contribution is 0.0699. The number of nitriles is 1. The van der Waals surface area contributed by atoms with Gasteiger partial charge in [-0.25, -0.2) is 19.2 Å². The van der Waals surface area contributed by atoms with Crippen molar-refractivity contribution in [2.75, 3.05) is 6.61 Å². The van der Waals surface area contributed by atoms with Crippen LogP contribution in [0.1, 0.15) is 33.1 Å². The molecule has 12 heteroatoms. The zero-order chi connectivity index (χ0) is 32.0. The summed E-state index contributed by atoms with van der Waals surface area (Å²) in [6, 6.07) is 15.0. The van der Waals surface area contributed by atoms with E-state index in [2.05, 4.69) is 21.0 Å². The summed E-state index contributed by atoms with van der Waals surface area (Å²) >= 11 is 7.64. The summed E-state index contributed by atoms with van der Waals surface area (Å²) in [5.74, 6) is -0.762. The van der Waals surface area contributed by atoms with Crippen molar-refractivity contribution >= 4 is 50.0 Å². The Balaban J connectivity index is 1.39. The molecule has 0 saturated carbocycles. The Labute approximate surface area is 264 Å². The number of aromatic nitrogens is 4. The molecular weight excluding hydrogens is 617 g/mol. The van der Waals surface area contributed by atoms with E-state index in [9.17, 15) is 24.3 Å². The first-order chi connectivity index (χ1) is 21.6. The van der Waals surface area contributed by atoms with Gasteiger partial charge in [-0.3, -0.25) is 14.3 Å². The Morgan fingerprint density at radius 1 is 1.07 bits per heavy atom. The fourth-order valence-corrected chi connectivity index (χ4v) is 6.52. The summed E-state index contributed by atoms with van der Waals surface area (Å²) in [4.78, 5) is 39.2. The van der Waals surface area contributed by atoms with E-state index in [1.165, 1.54) is 34.1 Å². The van der Waals surface area contributed by atoms with E-state index in [1.807, 2.05) is 6.07 Å². The second kappa shape index (κ2) is 11.7. The van der Waals surface area contributed by atoms with Crippen LogP contribution in [0.25, 0.3) is 43.5 Å². The molecular formula is C33H23ClFN5O4S. The van der Waals surface area contributed by atoms with Crippen molar-refractivity contribution in [3.63, 3.8) is 0 Å². The molecule has 6 aromatic rings. The summed E-state index contributed by atoms with van der Waals surface area (Å²) < 4.78 is 23.0. The minimum Gasteiger partial charge on any atom is -0.491 e. The van der Waals surface area contributed by atoms with E-state index in [0.29, 0.717) is 43.8 Å². The van der Waals surface area contributed by atoms with Crippen molar-refractivity contribution in [3.8, 4) is 34.2 Å². The monoisotopic (exact) mass is 639 g/mol. The molecule has 0 radical (unpaired) electrons. The van der Waals surface area contributed by atoms with Crippen LogP contribution in [-0.2, 0) is 6.54 Å². The quantitative estimate of drug-likeness (QED) is 0.196. The Bertz CT molecular complexity index is 2290. The van der Waals surface area contributed by atoms with Crippen LogP contribution in [0.5, 0.6) is 5.75 Å². The standard InChI is InChI=1S/C33H23ClFN5O4S/c1-16-12-22(31-30(37-16)24(15-45-31)33(42)43)21-13-19(34)8-9-26(21)44-11-10-40-18(3)39-28-17(2)38-29(20-6-4-5-7-25(20)35)23(14-36)27(28)32(40)41/h4-9,12-13,15H,10-11H2,1-3H3,(H,42,43). The van der Waals surface area contributed by atoms with E-state index < -0.39 is 17.3 Å². The maximum absolute atomic E-state index is 14.7. The molecule has 0 bridgehead atoms. The highest BCUT2D eigenvalue weighted by molar-refractivity contribution is 7.18. The number of ether oxygens (including phenoxy) is 1. The van der Waals surface area contributed by atoms with Crippen molar-refractivity contribution in [2.45, 2.75) is 27.3 Å². The summed E-state index contributed by atoms with van der Waals surface area (Å²) in [5.41, 5.74) is 2.83. The number of carbonyl (C=O) groups is 1. The molecule has 0 aliphatic carbocycles. The van der Waals surface area contributed by atoms with Gasteiger partial charge in [0.2, 0.25) is 0 Å². The molecule has 45 heavy (non-hydrogen) atoms. The number of aryl methyl sites for hydroxylation is 3. The van der Waals surface area contributed by atoms with Crippen LogP contribution in [0, 0.1) is 37.9 Å². The number of thiophene rings is 1. The van der Waals surface area contributed by atoms with Gasteiger partial charge in [0.05, 0.1) is 44.7 Å². The zero-order valence-corrected chi connectivity index (χ0v) is 25.8. The number of nitrogens with zero attached hydrogens (tertiary/aromatic N) is 5. The normalized spacial score (nSPS) is 11.2. The highest BCUT2D eigenvalue weighted by Gasteiger charge is 2.22. The lowest BCUT2D eigenvalue weighted by Crippen LogP contribution is -2.27. The fraction of sp³-hybridized carbons (Fsp3) is 0.152. The number of hydrogen-bond acceptors (Lipinski definition) is 8. The van der Waals surface area contributed by atoms with Crippen LogP contribution in [0.4, 0.5) is 4.39 Å². The van der Waals surface area contributed by atoms with Crippen LogP contribution in [0.15, 0.2) is 58.7 Å². The third-order valence-electron chi connectivity index (χ3n) is 7.40. The number of hydrogen-bond donors (Lipinski definition) is 1. The molecule has 4 aromatic heterocycles. The maximum Gasteiger partial charge on any atom is 0.338 e. The zero-order valence-electron chi connectivity index (χ0n) is 24.2. The molecule has 0 fully saturated rings. The molecule has 6 rings (SSSR count). The van der Waals surface area contributed by atoms with E-state index in [1.54, 1.807) is 50.4 Å². The third-order valence-corrected chi connectivity index (χ3v) is 8.63. The van der Waals surface area contributed by atoms with Gasteiger partial charge in [-0.1, -0.05) is 23.7 Å². The van der Waals surface area contributed by atoms with E-state index in [0.717, 1.165) is 5.56 Å². The van der Waals surface area contributed by atoms with Crippen molar-refractivity contribution < 1.29 is 19.0 Å². The molecule has 0 unspecified atom stereocenters. The molecule has 224 valence electrons. The maximum atomic E-state index is 14.7. The van der Waals surface area contributed by atoms with Gasteiger partial charge in [-0.05, 0) is 57.2 Å². The molecule has 0 aliphatic rings. The van der Waals surface area contributed by atoms with Crippen LogP contribution >= 0.6 is 22.9 Å². The Morgan fingerprint density at radius 3 is 2.58 bits per heavy atom. The average molecular weight is 640 g/mol. The number of pyridine rings is 2. The van der Waals surface area contributed by atoms with E-state index in [4.69, 9.17) is 16.3 Å². The second-order valence-corrected chi connectivity index (χ2v) is 11.6. The van der Waals surface area contributed by atoms with E-state index >= 15 is 0 Å². The van der Waals surface area contributed by atoms with Gasteiger partial charge in [-0.15, -0.1) is 11.3 Å². The van der Waals surface area contributed by atoms with Gasteiger partial charge in [0.15, 0.2) is 0 Å². The Hall–Kier alpha value is -5.18. The number of benzene rings is 2. The largest absolute Gasteiger partial charge is 0.491 e.